The molecule has 0 amide bonds. The Kier molecular flexibility index (Phi) is 3.48. The van der Waals surface area contributed by atoms with Crippen molar-refractivity contribution in [1.82, 2.24) is 4.90 Å². The largest absolute Gasteiger partial charge is 0.300 e. The third-order valence-electron chi connectivity index (χ3n) is 4.03. The minimum Gasteiger partial charge on any atom is -0.300 e. The molecule has 0 N–H and O–H groups in total. The van der Waals surface area contributed by atoms with Crippen LogP contribution in [-0.2, 0) is 0 Å². The lowest BCUT2D eigenvalue weighted by Crippen LogP contribution is -2.46. The average Bonchev–Trinajstić information content (AvgIpc) is 2.04. The van der Waals surface area contributed by atoms with E-state index in [0.29, 0.717) is 0 Å². The highest BCUT2D eigenvalue weighted by atomic mass is 15.2. The number of hydrogen-bond acceptors (Lipinski definition) is 1. The maximum atomic E-state index is 2.70. The normalized spacial score (nSPS) is 34.5. The summed E-state index contributed by atoms with van der Waals surface area (Å²) in [5.41, 5.74) is 0. The zero-order chi connectivity index (χ0) is 9.97. The van der Waals surface area contributed by atoms with Crippen molar-refractivity contribution in [1.29, 1.82) is 0 Å². The van der Waals surface area contributed by atoms with Gasteiger partial charge in [0.2, 0.25) is 0 Å². The van der Waals surface area contributed by atoms with Gasteiger partial charge in [0.1, 0.15) is 0 Å². The second-order valence-electron chi connectivity index (χ2n) is 5.69. The van der Waals surface area contributed by atoms with Crippen molar-refractivity contribution in [2.75, 3.05) is 13.1 Å². The van der Waals surface area contributed by atoms with Crippen LogP contribution in [0, 0.1) is 11.8 Å². The third-order valence-corrected chi connectivity index (χ3v) is 4.03. The highest BCUT2D eigenvalue weighted by molar-refractivity contribution is 4.83. The van der Waals surface area contributed by atoms with Gasteiger partial charge in [-0.1, -0.05) is 13.8 Å². The van der Waals surface area contributed by atoms with Gasteiger partial charge in [0, 0.05) is 6.04 Å². The quantitative estimate of drug-likeness (QED) is 0.668. The number of nitrogens with zero attached hydrogens (tertiary/aromatic N) is 1. The Balaban J connectivity index is 1.69. The molecule has 2 rings (SSSR count). The van der Waals surface area contributed by atoms with Crippen LogP contribution < -0.4 is 0 Å². The Bertz CT molecular complexity index is 164. The lowest BCUT2D eigenvalue weighted by molar-refractivity contribution is 0.0758. The van der Waals surface area contributed by atoms with Crippen LogP contribution in [0.2, 0.25) is 0 Å². The van der Waals surface area contributed by atoms with Gasteiger partial charge in [0.25, 0.3) is 0 Å². The minimum absolute atomic E-state index is 0.903. The summed E-state index contributed by atoms with van der Waals surface area (Å²) in [6, 6.07) is 0.965. The summed E-state index contributed by atoms with van der Waals surface area (Å²) >= 11 is 0. The van der Waals surface area contributed by atoms with E-state index in [1.807, 2.05) is 0 Å². The molecule has 2 fully saturated rings. The lowest BCUT2D eigenvalue weighted by atomic mass is 9.80. The third kappa shape index (κ3) is 2.50. The van der Waals surface area contributed by atoms with Crippen LogP contribution in [0.15, 0.2) is 0 Å². The smallest absolute Gasteiger partial charge is 0.00954 e. The first-order valence-electron chi connectivity index (χ1n) is 6.49. The fourth-order valence-corrected chi connectivity index (χ4v) is 3.12. The number of rotatable bonds is 3. The van der Waals surface area contributed by atoms with E-state index in [0.717, 1.165) is 17.9 Å². The topological polar surface area (TPSA) is 3.24 Å². The first kappa shape index (κ1) is 10.5. The van der Waals surface area contributed by atoms with Crippen LogP contribution in [0.25, 0.3) is 0 Å². The van der Waals surface area contributed by atoms with Gasteiger partial charge < -0.3 is 4.90 Å². The van der Waals surface area contributed by atoms with Crippen LogP contribution in [0.1, 0.15) is 52.4 Å². The molecule has 0 atom stereocenters. The van der Waals surface area contributed by atoms with Gasteiger partial charge in [-0.15, -0.1) is 0 Å². The second kappa shape index (κ2) is 4.65. The van der Waals surface area contributed by atoms with Crippen LogP contribution in [0.4, 0.5) is 0 Å². The van der Waals surface area contributed by atoms with Crippen molar-refractivity contribution in [3.05, 3.63) is 0 Å². The van der Waals surface area contributed by atoms with E-state index >= 15 is 0 Å². The molecule has 1 heteroatoms. The minimum atomic E-state index is 0.903. The Morgan fingerprint density at radius 2 is 1.71 bits per heavy atom. The molecule has 82 valence electrons. The fraction of sp³-hybridized carbons (Fsp3) is 1.00. The standard InChI is InChI=1S/C13H25N/c1-11(2)10-12-4-6-13(7-5-12)14-8-3-9-14/h11-13H,3-10H2,1-2H3. The van der Waals surface area contributed by atoms with Gasteiger partial charge in [-0.3, -0.25) is 0 Å². The monoisotopic (exact) mass is 195 g/mol. The summed E-state index contributed by atoms with van der Waals surface area (Å²) in [5, 5.41) is 0. The Morgan fingerprint density at radius 3 is 2.14 bits per heavy atom. The Hall–Kier alpha value is -0.0400. The highest BCUT2D eigenvalue weighted by Gasteiger charge is 2.28. The summed E-state index contributed by atoms with van der Waals surface area (Å²) in [6.07, 6.45) is 8.88. The summed E-state index contributed by atoms with van der Waals surface area (Å²) in [7, 11) is 0. The first-order valence-corrected chi connectivity index (χ1v) is 6.49. The molecular formula is C13H25N. The number of hydrogen-bond donors (Lipinski definition) is 0. The van der Waals surface area contributed by atoms with E-state index in [2.05, 4.69) is 18.7 Å². The van der Waals surface area contributed by atoms with Gasteiger partial charge >= 0.3 is 0 Å². The second-order valence-corrected chi connectivity index (χ2v) is 5.69. The maximum Gasteiger partial charge on any atom is 0.00954 e. The van der Waals surface area contributed by atoms with Crippen molar-refractivity contribution in [3.63, 3.8) is 0 Å². The molecule has 1 saturated carbocycles. The van der Waals surface area contributed by atoms with E-state index in [-0.39, 0.29) is 0 Å². The molecule has 0 unspecified atom stereocenters. The van der Waals surface area contributed by atoms with E-state index in [9.17, 15) is 0 Å². The van der Waals surface area contributed by atoms with Crippen molar-refractivity contribution < 1.29 is 0 Å². The SMILES string of the molecule is CC(C)CC1CCC(N2CCC2)CC1. The fourth-order valence-electron chi connectivity index (χ4n) is 3.12. The van der Waals surface area contributed by atoms with Crippen LogP contribution in [0.3, 0.4) is 0 Å². The first-order chi connectivity index (χ1) is 6.75. The summed E-state index contributed by atoms with van der Waals surface area (Å²) < 4.78 is 0. The zero-order valence-corrected chi connectivity index (χ0v) is 9.84. The molecule has 0 aromatic carbocycles. The van der Waals surface area contributed by atoms with Crippen molar-refractivity contribution in [2.45, 2.75) is 58.4 Å². The van der Waals surface area contributed by atoms with Gasteiger partial charge in [-0.05, 0) is 63.5 Å². The predicted octanol–water partition coefficient (Wildman–Crippen LogP) is 3.30. The summed E-state index contributed by atoms with van der Waals surface area (Å²) in [4.78, 5) is 2.70. The molecule has 14 heavy (non-hydrogen) atoms. The highest BCUT2D eigenvalue weighted by Crippen LogP contribution is 2.32. The van der Waals surface area contributed by atoms with Crippen LogP contribution >= 0.6 is 0 Å². The molecule has 1 saturated heterocycles. The predicted molar refractivity (Wildman–Crippen MR) is 61.4 cm³/mol. The molecule has 0 bridgehead atoms. The molecular weight excluding hydrogens is 170 g/mol. The van der Waals surface area contributed by atoms with Crippen molar-refractivity contribution >= 4 is 0 Å². The van der Waals surface area contributed by atoms with Gasteiger partial charge in [-0.25, -0.2) is 0 Å². The Labute approximate surface area is 88.9 Å². The van der Waals surface area contributed by atoms with Crippen LogP contribution in [-0.4, -0.2) is 24.0 Å². The number of likely N-dealkylation sites (tertiary alicyclic amines) is 1. The van der Waals surface area contributed by atoms with E-state index in [1.165, 1.54) is 51.6 Å². The van der Waals surface area contributed by atoms with Crippen LogP contribution in [0.5, 0.6) is 0 Å². The molecule has 0 aromatic rings. The van der Waals surface area contributed by atoms with Crippen molar-refractivity contribution in [2.24, 2.45) is 11.8 Å². The van der Waals surface area contributed by atoms with Gasteiger partial charge in [0.15, 0.2) is 0 Å². The summed E-state index contributed by atoms with van der Waals surface area (Å²) in [6.45, 7) is 7.50. The average molecular weight is 195 g/mol. The van der Waals surface area contributed by atoms with Gasteiger partial charge in [-0.2, -0.15) is 0 Å². The molecule has 0 aromatic heterocycles. The van der Waals surface area contributed by atoms with E-state index in [1.54, 1.807) is 0 Å². The molecule has 2 aliphatic rings. The molecule has 0 radical (unpaired) electrons. The molecule has 1 aliphatic heterocycles. The molecule has 0 spiro atoms. The molecule has 1 heterocycles. The zero-order valence-electron chi connectivity index (χ0n) is 9.84. The van der Waals surface area contributed by atoms with Gasteiger partial charge in [0.05, 0.1) is 0 Å². The maximum absolute atomic E-state index is 2.70. The molecule has 1 aliphatic carbocycles. The lowest BCUT2D eigenvalue weighted by Gasteiger charge is -2.42. The summed E-state index contributed by atoms with van der Waals surface area (Å²) in [5.74, 6) is 1.95. The van der Waals surface area contributed by atoms with E-state index in [4.69, 9.17) is 0 Å². The molecule has 1 nitrogen and oxygen atoms in total. The van der Waals surface area contributed by atoms with E-state index < -0.39 is 0 Å². The van der Waals surface area contributed by atoms with Crippen molar-refractivity contribution in [3.8, 4) is 0 Å². The Morgan fingerprint density at radius 1 is 1.07 bits per heavy atom.